The molecule has 0 aromatic heterocycles. The summed E-state index contributed by atoms with van der Waals surface area (Å²) >= 11 is 0. The standard InChI is InChI=1S/C14H14O2/c1-4-8-12-9-6-7-10-13(12)14(5-2)16-11(3)15/h2,4,6-7,9-10,14H,1,8H2,3H3. The number of terminal acetylenes is 1. The Morgan fingerprint density at radius 1 is 1.62 bits per heavy atom. The monoisotopic (exact) mass is 214 g/mol. The van der Waals surface area contributed by atoms with Crippen LogP contribution >= 0.6 is 0 Å². The Kier molecular flexibility index (Phi) is 4.35. The highest BCUT2D eigenvalue weighted by atomic mass is 16.5. The van der Waals surface area contributed by atoms with E-state index in [0.717, 1.165) is 11.1 Å². The molecule has 0 radical (unpaired) electrons. The fraction of sp³-hybridized carbons (Fsp3) is 0.214. The molecule has 0 aliphatic carbocycles. The Balaban J connectivity index is 3.04. The Morgan fingerprint density at radius 3 is 2.88 bits per heavy atom. The van der Waals surface area contributed by atoms with E-state index >= 15 is 0 Å². The molecule has 0 spiro atoms. The molecule has 1 atom stereocenters. The summed E-state index contributed by atoms with van der Waals surface area (Å²) in [6.45, 7) is 5.03. The van der Waals surface area contributed by atoms with E-state index in [1.54, 1.807) is 6.08 Å². The molecular formula is C14H14O2. The lowest BCUT2D eigenvalue weighted by Gasteiger charge is -2.14. The number of rotatable bonds is 4. The van der Waals surface area contributed by atoms with Crippen LogP contribution < -0.4 is 0 Å². The maximum Gasteiger partial charge on any atom is 0.304 e. The van der Waals surface area contributed by atoms with Gasteiger partial charge in [-0.05, 0) is 12.0 Å². The highest BCUT2D eigenvalue weighted by Crippen LogP contribution is 2.21. The first-order valence-electron chi connectivity index (χ1n) is 5.01. The Hall–Kier alpha value is -2.01. The van der Waals surface area contributed by atoms with Gasteiger partial charge in [0.15, 0.2) is 6.10 Å². The van der Waals surface area contributed by atoms with Crippen LogP contribution in [0.4, 0.5) is 0 Å². The van der Waals surface area contributed by atoms with Gasteiger partial charge in [-0.25, -0.2) is 0 Å². The van der Waals surface area contributed by atoms with Crippen LogP contribution in [0.2, 0.25) is 0 Å². The molecule has 0 amide bonds. The minimum Gasteiger partial charge on any atom is -0.444 e. The fourth-order valence-electron chi connectivity index (χ4n) is 1.48. The normalized spacial score (nSPS) is 11.2. The third-order valence-corrected chi connectivity index (χ3v) is 2.14. The van der Waals surface area contributed by atoms with Crippen LogP contribution in [-0.4, -0.2) is 5.97 Å². The molecule has 0 fully saturated rings. The number of hydrogen-bond acceptors (Lipinski definition) is 2. The lowest BCUT2D eigenvalue weighted by Crippen LogP contribution is -2.08. The number of carbonyl (C=O) groups excluding carboxylic acids is 1. The Bertz CT molecular complexity index is 427. The first-order chi connectivity index (χ1) is 7.69. The first-order valence-corrected chi connectivity index (χ1v) is 5.01. The van der Waals surface area contributed by atoms with Crippen molar-refractivity contribution < 1.29 is 9.53 Å². The summed E-state index contributed by atoms with van der Waals surface area (Å²) in [6.07, 6.45) is 7.24. The van der Waals surface area contributed by atoms with Crippen molar-refractivity contribution in [3.05, 3.63) is 48.0 Å². The fourth-order valence-corrected chi connectivity index (χ4v) is 1.48. The van der Waals surface area contributed by atoms with Gasteiger partial charge in [0.05, 0.1) is 0 Å². The molecule has 0 bridgehead atoms. The molecule has 0 saturated heterocycles. The SMILES string of the molecule is C#CC(OC(C)=O)c1ccccc1CC=C. The van der Waals surface area contributed by atoms with Crippen molar-refractivity contribution >= 4 is 5.97 Å². The summed E-state index contributed by atoms with van der Waals surface area (Å²) in [5, 5.41) is 0. The molecule has 2 heteroatoms. The van der Waals surface area contributed by atoms with Gasteiger partial charge in [0.1, 0.15) is 0 Å². The van der Waals surface area contributed by atoms with Gasteiger partial charge in [-0.3, -0.25) is 4.79 Å². The molecule has 2 nitrogen and oxygen atoms in total. The van der Waals surface area contributed by atoms with E-state index in [1.807, 2.05) is 24.3 Å². The number of hydrogen-bond donors (Lipinski definition) is 0. The van der Waals surface area contributed by atoms with Gasteiger partial charge >= 0.3 is 5.97 Å². The largest absolute Gasteiger partial charge is 0.444 e. The Labute approximate surface area is 95.9 Å². The highest BCUT2D eigenvalue weighted by Gasteiger charge is 2.14. The zero-order chi connectivity index (χ0) is 12.0. The molecular weight excluding hydrogens is 200 g/mol. The number of esters is 1. The van der Waals surface area contributed by atoms with Gasteiger partial charge in [-0.1, -0.05) is 36.3 Å². The van der Waals surface area contributed by atoms with Crippen LogP contribution in [-0.2, 0) is 16.0 Å². The maximum absolute atomic E-state index is 10.9. The van der Waals surface area contributed by atoms with E-state index in [9.17, 15) is 4.79 Å². The van der Waals surface area contributed by atoms with Gasteiger partial charge in [0.2, 0.25) is 0 Å². The molecule has 1 rings (SSSR count). The molecule has 0 heterocycles. The van der Waals surface area contributed by atoms with Crippen LogP contribution in [0.3, 0.4) is 0 Å². The molecule has 0 saturated carbocycles. The topological polar surface area (TPSA) is 26.3 Å². The molecule has 82 valence electrons. The van der Waals surface area contributed by atoms with Gasteiger partial charge < -0.3 is 4.74 Å². The second-order valence-corrected chi connectivity index (χ2v) is 3.35. The van der Waals surface area contributed by atoms with E-state index in [1.165, 1.54) is 6.92 Å². The van der Waals surface area contributed by atoms with Crippen molar-refractivity contribution in [2.24, 2.45) is 0 Å². The molecule has 1 aromatic carbocycles. The van der Waals surface area contributed by atoms with Crippen LogP contribution in [0.5, 0.6) is 0 Å². The molecule has 1 unspecified atom stereocenters. The zero-order valence-corrected chi connectivity index (χ0v) is 9.27. The van der Waals surface area contributed by atoms with Crippen LogP contribution in [0, 0.1) is 12.3 Å². The number of ether oxygens (including phenoxy) is 1. The number of allylic oxidation sites excluding steroid dienone is 1. The van der Waals surface area contributed by atoms with Crippen LogP contribution in [0.1, 0.15) is 24.2 Å². The van der Waals surface area contributed by atoms with Crippen molar-refractivity contribution in [3.63, 3.8) is 0 Å². The molecule has 0 N–H and O–H groups in total. The van der Waals surface area contributed by atoms with Crippen molar-refractivity contribution in [1.29, 1.82) is 0 Å². The molecule has 0 aliphatic heterocycles. The molecule has 0 aliphatic rings. The van der Waals surface area contributed by atoms with E-state index in [4.69, 9.17) is 11.2 Å². The van der Waals surface area contributed by atoms with Crippen LogP contribution in [0.25, 0.3) is 0 Å². The van der Waals surface area contributed by atoms with Gasteiger partial charge in [-0.2, -0.15) is 0 Å². The predicted octanol–water partition coefficient (Wildman–Crippen LogP) is 2.65. The van der Waals surface area contributed by atoms with E-state index in [-0.39, 0.29) is 5.97 Å². The first kappa shape index (κ1) is 12.1. The summed E-state index contributed by atoms with van der Waals surface area (Å²) in [5.41, 5.74) is 1.88. The third-order valence-electron chi connectivity index (χ3n) is 2.14. The predicted molar refractivity (Wildman–Crippen MR) is 63.7 cm³/mol. The van der Waals surface area contributed by atoms with Crippen LogP contribution in [0.15, 0.2) is 36.9 Å². The lowest BCUT2D eigenvalue weighted by molar-refractivity contribution is -0.144. The van der Waals surface area contributed by atoms with Gasteiger partial charge in [-0.15, -0.1) is 13.0 Å². The van der Waals surface area contributed by atoms with Gasteiger partial charge in [0, 0.05) is 12.5 Å². The van der Waals surface area contributed by atoms with Crippen molar-refractivity contribution in [2.75, 3.05) is 0 Å². The van der Waals surface area contributed by atoms with Crippen molar-refractivity contribution in [1.82, 2.24) is 0 Å². The number of carbonyl (C=O) groups is 1. The summed E-state index contributed by atoms with van der Waals surface area (Å²) in [6, 6.07) is 7.61. The summed E-state index contributed by atoms with van der Waals surface area (Å²) in [4.78, 5) is 10.9. The molecule has 1 aromatic rings. The molecule has 16 heavy (non-hydrogen) atoms. The average Bonchev–Trinajstić information content (AvgIpc) is 2.27. The van der Waals surface area contributed by atoms with E-state index in [2.05, 4.69) is 12.5 Å². The smallest absolute Gasteiger partial charge is 0.304 e. The lowest BCUT2D eigenvalue weighted by atomic mass is 10.0. The highest BCUT2D eigenvalue weighted by molar-refractivity contribution is 5.66. The van der Waals surface area contributed by atoms with Crippen molar-refractivity contribution in [2.45, 2.75) is 19.4 Å². The average molecular weight is 214 g/mol. The van der Waals surface area contributed by atoms with Gasteiger partial charge in [0.25, 0.3) is 0 Å². The summed E-state index contributed by atoms with van der Waals surface area (Å²) < 4.78 is 5.06. The minimum atomic E-state index is -0.617. The third kappa shape index (κ3) is 2.99. The zero-order valence-electron chi connectivity index (χ0n) is 9.27. The number of benzene rings is 1. The second-order valence-electron chi connectivity index (χ2n) is 3.35. The second kappa shape index (κ2) is 5.77. The quantitative estimate of drug-likeness (QED) is 0.437. The summed E-state index contributed by atoms with van der Waals surface area (Å²) in [5.74, 6) is 2.09. The summed E-state index contributed by atoms with van der Waals surface area (Å²) in [7, 11) is 0. The Morgan fingerprint density at radius 2 is 2.31 bits per heavy atom. The van der Waals surface area contributed by atoms with E-state index in [0.29, 0.717) is 6.42 Å². The van der Waals surface area contributed by atoms with E-state index < -0.39 is 6.10 Å². The maximum atomic E-state index is 10.9. The minimum absolute atomic E-state index is 0.378. The van der Waals surface area contributed by atoms with Crippen molar-refractivity contribution in [3.8, 4) is 12.3 Å².